The van der Waals surface area contributed by atoms with E-state index in [2.05, 4.69) is 5.32 Å². The molecule has 4 nitrogen and oxygen atoms in total. The molecule has 0 spiro atoms. The van der Waals surface area contributed by atoms with Crippen molar-refractivity contribution in [2.45, 2.75) is 25.4 Å². The zero-order valence-corrected chi connectivity index (χ0v) is 12.1. The Balaban J connectivity index is 2.61. The van der Waals surface area contributed by atoms with Crippen LogP contribution < -0.4 is 11.1 Å². The number of nitrogens with zero attached hydrogens (tertiary/aromatic N) is 1. The third kappa shape index (κ3) is 5.93. The van der Waals surface area contributed by atoms with Crippen LogP contribution in [0.4, 0.5) is 24.5 Å². The minimum Gasteiger partial charge on any atom is -0.399 e. The highest BCUT2D eigenvalue weighted by Crippen LogP contribution is 2.23. The summed E-state index contributed by atoms with van der Waals surface area (Å²) >= 11 is 0. The van der Waals surface area contributed by atoms with Crippen molar-refractivity contribution in [2.24, 2.45) is 0 Å². The molecule has 0 fully saturated rings. The molecule has 21 heavy (non-hydrogen) atoms. The molecule has 3 N–H and O–H groups in total. The lowest BCUT2D eigenvalue weighted by molar-refractivity contribution is -0.135. The molecule has 0 heterocycles. The number of hydrogen-bond donors (Lipinski definition) is 2. The molecule has 0 saturated heterocycles. The van der Waals surface area contributed by atoms with E-state index in [1.807, 2.05) is 0 Å². The molecular weight excluding hydrogens is 283 g/mol. The first-order chi connectivity index (χ1) is 9.70. The summed E-state index contributed by atoms with van der Waals surface area (Å²) in [5.41, 5.74) is 7.16. The lowest BCUT2D eigenvalue weighted by Crippen LogP contribution is -2.23. The van der Waals surface area contributed by atoms with Gasteiger partial charge in [0.1, 0.15) is 0 Å². The Morgan fingerprint density at radius 3 is 2.52 bits per heavy atom. The van der Waals surface area contributed by atoms with Crippen LogP contribution in [-0.2, 0) is 0 Å². The molecule has 7 heteroatoms. The van der Waals surface area contributed by atoms with Gasteiger partial charge in [0.2, 0.25) is 0 Å². The topological polar surface area (TPSA) is 58.4 Å². The Labute approximate surface area is 122 Å². The second-order valence-corrected chi connectivity index (χ2v) is 5.00. The van der Waals surface area contributed by atoms with E-state index in [0.29, 0.717) is 29.9 Å². The van der Waals surface area contributed by atoms with E-state index < -0.39 is 12.6 Å². The van der Waals surface area contributed by atoms with Crippen LogP contribution in [0.25, 0.3) is 0 Å². The molecular formula is C14H20F3N3O. The highest BCUT2D eigenvalue weighted by atomic mass is 19.4. The molecule has 1 amide bonds. The largest absolute Gasteiger partial charge is 0.399 e. The summed E-state index contributed by atoms with van der Waals surface area (Å²) in [6.45, 7) is 0.354. The minimum atomic E-state index is -4.12. The maximum atomic E-state index is 12.0. The van der Waals surface area contributed by atoms with Gasteiger partial charge in [-0.1, -0.05) is 0 Å². The molecule has 0 atom stereocenters. The van der Waals surface area contributed by atoms with Crippen molar-refractivity contribution in [3.05, 3.63) is 23.8 Å². The summed E-state index contributed by atoms with van der Waals surface area (Å²) < 4.78 is 36.1. The number of nitrogen functional groups attached to an aromatic ring is 1. The first kappa shape index (κ1) is 17.1. The third-order valence-electron chi connectivity index (χ3n) is 2.88. The first-order valence-electron chi connectivity index (χ1n) is 6.62. The Bertz CT molecular complexity index is 487. The van der Waals surface area contributed by atoms with Gasteiger partial charge in [-0.3, -0.25) is 4.79 Å². The van der Waals surface area contributed by atoms with E-state index in [0.717, 1.165) is 0 Å². The normalized spacial score (nSPS) is 11.3. The molecule has 0 saturated carbocycles. The van der Waals surface area contributed by atoms with Crippen molar-refractivity contribution >= 4 is 17.3 Å². The van der Waals surface area contributed by atoms with E-state index in [9.17, 15) is 18.0 Å². The van der Waals surface area contributed by atoms with Gasteiger partial charge in [0, 0.05) is 38.4 Å². The highest BCUT2D eigenvalue weighted by molar-refractivity contribution is 5.99. The lowest BCUT2D eigenvalue weighted by atomic mass is 10.1. The fourth-order valence-electron chi connectivity index (χ4n) is 1.81. The molecule has 0 radical (unpaired) electrons. The molecule has 1 aromatic rings. The Morgan fingerprint density at radius 1 is 1.29 bits per heavy atom. The Kier molecular flexibility index (Phi) is 5.87. The molecule has 0 unspecified atom stereocenters. The monoisotopic (exact) mass is 303 g/mol. The highest BCUT2D eigenvalue weighted by Gasteiger charge is 2.25. The van der Waals surface area contributed by atoms with Gasteiger partial charge in [-0.15, -0.1) is 0 Å². The van der Waals surface area contributed by atoms with Crippen LogP contribution in [0.2, 0.25) is 0 Å². The summed E-state index contributed by atoms with van der Waals surface area (Å²) in [5, 5.41) is 2.98. The van der Waals surface area contributed by atoms with Gasteiger partial charge in [-0.05, 0) is 31.0 Å². The SMILES string of the molecule is CN(C)C(=O)c1ccc(N)cc1NCCCCC(F)(F)F. The molecule has 0 bridgehead atoms. The lowest BCUT2D eigenvalue weighted by Gasteiger charge is -2.16. The van der Waals surface area contributed by atoms with E-state index in [1.54, 1.807) is 32.3 Å². The van der Waals surface area contributed by atoms with Crippen LogP contribution in [0.5, 0.6) is 0 Å². The second-order valence-electron chi connectivity index (χ2n) is 5.00. The number of unbranched alkanes of at least 4 members (excludes halogenated alkanes) is 1. The van der Waals surface area contributed by atoms with Crippen LogP contribution in [0.3, 0.4) is 0 Å². The summed E-state index contributed by atoms with van der Waals surface area (Å²) in [6.07, 6.45) is -4.50. The molecule has 1 rings (SSSR count). The van der Waals surface area contributed by atoms with Crippen LogP contribution in [-0.4, -0.2) is 37.6 Å². The van der Waals surface area contributed by atoms with Gasteiger partial charge >= 0.3 is 6.18 Å². The number of rotatable bonds is 6. The zero-order valence-electron chi connectivity index (χ0n) is 12.1. The number of carbonyl (C=O) groups excluding carboxylic acids is 1. The summed E-state index contributed by atoms with van der Waals surface area (Å²) in [4.78, 5) is 13.4. The molecule has 0 aliphatic carbocycles. The summed E-state index contributed by atoms with van der Waals surface area (Å²) in [7, 11) is 3.26. The predicted octanol–water partition coefficient (Wildman–Crippen LogP) is 3.12. The smallest absolute Gasteiger partial charge is 0.389 e. The first-order valence-corrected chi connectivity index (χ1v) is 6.62. The van der Waals surface area contributed by atoms with Crippen molar-refractivity contribution < 1.29 is 18.0 Å². The Morgan fingerprint density at radius 2 is 1.95 bits per heavy atom. The van der Waals surface area contributed by atoms with Gasteiger partial charge in [0.15, 0.2) is 0 Å². The summed E-state index contributed by atoms with van der Waals surface area (Å²) in [5.74, 6) is -0.187. The fourth-order valence-corrected chi connectivity index (χ4v) is 1.81. The number of amides is 1. The van der Waals surface area contributed by atoms with Crippen molar-refractivity contribution in [3.63, 3.8) is 0 Å². The number of anilines is 2. The summed E-state index contributed by atoms with van der Waals surface area (Å²) in [6, 6.07) is 4.84. The van der Waals surface area contributed by atoms with Gasteiger partial charge in [0.05, 0.1) is 5.56 Å². The van der Waals surface area contributed by atoms with E-state index in [4.69, 9.17) is 5.73 Å². The molecule has 0 aliphatic heterocycles. The second kappa shape index (κ2) is 7.19. The van der Waals surface area contributed by atoms with Crippen molar-refractivity contribution in [2.75, 3.05) is 31.7 Å². The number of hydrogen-bond acceptors (Lipinski definition) is 3. The van der Waals surface area contributed by atoms with Gasteiger partial charge in [-0.25, -0.2) is 0 Å². The molecule has 0 aromatic heterocycles. The number of carbonyl (C=O) groups is 1. The number of nitrogens with two attached hydrogens (primary N) is 1. The number of benzene rings is 1. The molecule has 118 valence electrons. The average Bonchev–Trinajstić information content (AvgIpc) is 2.36. The fraction of sp³-hybridized carbons (Fsp3) is 0.500. The zero-order chi connectivity index (χ0) is 16.0. The number of halogens is 3. The third-order valence-corrected chi connectivity index (χ3v) is 2.88. The number of nitrogens with one attached hydrogen (secondary N) is 1. The van der Waals surface area contributed by atoms with Crippen molar-refractivity contribution in [1.29, 1.82) is 0 Å². The maximum Gasteiger partial charge on any atom is 0.389 e. The number of alkyl halides is 3. The van der Waals surface area contributed by atoms with Gasteiger partial charge < -0.3 is 16.0 Å². The van der Waals surface area contributed by atoms with E-state index in [1.165, 1.54) is 4.90 Å². The predicted molar refractivity (Wildman–Crippen MR) is 77.3 cm³/mol. The van der Waals surface area contributed by atoms with Crippen LogP contribution in [0.15, 0.2) is 18.2 Å². The standard InChI is InChI=1S/C14H20F3N3O/c1-20(2)13(21)11-6-5-10(18)9-12(11)19-8-4-3-7-14(15,16)17/h5-6,9,19H,3-4,7-8,18H2,1-2H3. The molecule has 1 aromatic carbocycles. The van der Waals surface area contributed by atoms with Gasteiger partial charge in [0.25, 0.3) is 5.91 Å². The van der Waals surface area contributed by atoms with Crippen molar-refractivity contribution in [3.8, 4) is 0 Å². The van der Waals surface area contributed by atoms with Crippen LogP contribution in [0.1, 0.15) is 29.6 Å². The quantitative estimate of drug-likeness (QED) is 0.627. The van der Waals surface area contributed by atoms with E-state index in [-0.39, 0.29) is 12.3 Å². The maximum absolute atomic E-state index is 12.0. The van der Waals surface area contributed by atoms with Crippen LogP contribution >= 0.6 is 0 Å². The van der Waals surface area contributed by atoms with Crippen LogP contribution in [0, 0.1) is 0 Å². The average molecular weight is 303 g/mol. The van der Waals surface area contributed by atoms with Gasteiger partial charge in [-0.2, -0.15) is 13.2 Å². The van der Waals surface area contributed by atoms with Crippen molar-refractivity contribution in [1.82, 2.24) is 4.90 Å². The molecule has 0 aliphatic rings. The minimum absolute atomic E-state index is 0.0514. The Hall–Kier alpha value is -1.92. The van der Waals surface area contributed by atoms with E-state index >= 15 is 0 Å².